The molecule has 1 aromatic carbocycles. The Balaban J connectivity index is 2.62. The van der Waals surface area contributed by atoms with Crippen molar-refractivity contribution in [1.29, 1.82) is 0 Å². The molecule has 0 saturated heterocycles. The van der Waals surface area contributed by atoms with Crippen molar-refractivity contribution in [3.8, 4) is 0 Å². The SMILES string of the molecule is CN(C)CCc1cn(P(=O)(N(C)C)N(C)C)c2ccccc12. The van der Waals surface area contributed by atoms with E-state index >= 15 is 0 Å². The first-order valence-corrected chi connectivity index (χ1v) is 9.05. The van der Waals surface area contributed by atoms with Crippen molar-refractivity contribution < 1.29 is 4.57 Å². The zero-order valence-electron chi connectivity index (χ0n) is 14.4. The van der Waals surface area contributed by atoms with E-state index in [-0.39, 0.29) is 0 Å². The molecule has 0 aliphatic rings. The van der Waals surface area contributed by atoms with Crippen LogP contribution in [0, 0.1) is 0 Å². The summed E-state index contributed by atoms with van der Waals surface area (Å²) in [4.78, 5) is 2.17. The monoisotopic (exact) mass is 322 g/mol. The van der Waals surface area contributed by atoms with Crippen LogP contribution < -0.4 is 0 Å². The fourth-order valence-electron chi connectivity index (χ4n) is 2.73. The minimum absolute atomic E-state index is 0.946. The summed E-state index contributed by atoms with van der Waals surface area (Å²) in [6.45, 7) is 0.974. The summed E-state index contributed by atoms with van der Waals surface area (Å²) in [6.07, 6.45) is 3.01. The number of benzene rings is 1. The molecule has 0 spiro atoms. The normalized spacial score (nSPS) is 13.0. The zero-order valence-corrected chi connectivity index (χ0v) is 15.3. The van der Waals surface area contributed by atoms with Crippen molar-refractivity contribution in [3.63, 3.8) is 0 Å². The van der Waals surface area contributed by atoms with Gasteiger partial charge < -0.3 is 4.90 Å². The second-order valence-corrected chi connectivity index (χ2v) is 9.33. The van der Waals surface area contributed by atoms with Crippen LogP contribution in [0.5, 0.6) is 0 Å². The predicted octanol–water partition coefficient (Wildman–Crippen LogP) is 2.82. The van der Waals surface area contributed by atoms with E-state index in [0.717, 1.165) is 18.5 Å². The summed E-state index contributed by atoms with van der Waals surface area (Å²) in [7, 11) is 8.81. The Morgan fingerprint density at radius 2 is 1.59 bits per heavy atom. The number of para-hydroxylation sites is 1. The number of hydrogen-bond acceptors (Lipinski definition) is 2. The van der Waals surface area contributed by atoms with Crippen LogP contribution in [0.3, 0.4) is 0 Å². The van der Waals surface area contributed by atoms with Gasteiger partial charge in [-0.3, -0.25) is 8.90 Å². The third-order valence-corrected chi connectivity index (χ3v) is 6.90. The molecule has 0 atom stereocenters. The van der Waals surface area contributed by atoms with Gasteiger partial charge in [-0.2, -0.15) is 0 Å². The lowest BCUT2D eigenvalue weighted by Crippen LogP contribution is -2.25. The maximum Gasteiger partial charge on any atom is 0.314 e. The van der Waals surface area contributed by atoms with E-state index in [1.807, 2.05) is 60.1 Å². The van der Waals surface area contributed by atoms with E-state index in [2.05, 4.69) is 31.3 Å². The van der Waals surface area contributed by atoms with Gasteiger partial charge in [0.25, 0.3) is 0 Å². The quantitative estimate of drug-likeness (QED) is 0.766. The van der Waals surface area contributed by atoms with E-state index in [0.29, 0.717) is 0 Å². The maximum absolute atomic E-state index is 13.6. The van der Waals surface area contributed by atoms with E-state index < -0.39 is 7.59 Å². The van der Waals surface area contributed by atoms with Crippen LogP contribution in [0.4, 0.5) is 0 Å². The van der Waals surface area contributed by atoms with Crippen LogP contribution in [-0.2, 0) is 11.0 Å². The molecule has 22 heavy (non-hydrogen) atoms. The van der Waals surface area contributed by atoms with Crippen molar-refractivity contribution in [2.24, 2.45) is 0 Å². The van der Waals surface area contributed by atoms with E-state index in [4.69, 9.17) is 0 Å². The number of aromatic nitrogens is 1. The maximum atomic E-state index is 13.6. The third kappa shape index (κ3) is 2.99. The van der Waals surface area contributed by atoms with Gasteiger partial charge in [-0.15, -0.1) is 0 Å². The topological polar surface area (TPSA) is 31.7 Å². The van der Waals surface area contributed by atoms with Gasteiger partial charge in [0.2, 0.25) is 0 Å². The van der Waals surface area contributed by atoms with Gasteiger partial charge in [0, 0.05) is 18.1 Å². The molecule has 0 aliphatic heterocycles. The highest BCUT2D eigenvalue weighted by molar-refractivity contribution is 7.57. The lowest BCUT2D eigenvalue weighted by molar-refractivity contribution is 0.414. The predicted molar refractivity (Wildman–Crippen MR) is 94.6 cm³/mol. The molecule has 0 bridgehead atoms. The van der Waals surface area contributed by atoms with Gasteiger partial charge >= 0.3 is 7.59 Å². The smallest absolute Gasteiger partial charge is 0.309 e. The Morgan fingerprint density at radius 1 is 1.00 bits per heavy atom. The number of rotatable bonds is 6. The molecule has 2 rings (SSSR count). The number of nitrogens with zero attached hydrogens (tertiary/aromatic N) is 4. The first kappa shape index (κ1) is 17.2. The van der Waals surface area contributed by atoms with Crippen LogP contribution in [-0.4, -0.2) is 67.4 Å². The van der Waals surface area contributed by atoms with Crippen molar-refractivity contribution in [2.45, 2.75) is 6.42 Å². The Morgan fingerprint density at radius 3 is 2.14 bits per heavy atom. The fraction of sp³-hybridized carbons (Fsp3) is 0.500. The molecular formula is C16H27N4OP. The summed E-state index contributed by atoms with van der Waals surface area (Å²) >= 11 is 0. The summed E-state index contributed by atoms with van der Waals surface area (Å²) in [5.74, 6) is 0. The van der Waals surface area contributed by atoms with Gasteiger partial charge in [0.1, 0.15) is 0 Å². The summed E-state index contributed by atoms with van der Waals surface area (Å²) < 4.78 is 19.2. The van der Waals surface area contributed by atoms with Gasteiger partial charge in [-0.25, -0.2) is 9.34 Å². The van der Waals surface area contributed by atoms with E-state index in [9.17, 15) is 4.57 Å². The summed E-state index contributed by atoms with van der Waals surface area (Å²) in [5, 5.41) is 1.19. The molecule has 1 aromatic heterocycles. The third-order valence-electron chi connectivity index (χ3n) is 3.93. The van der Waals surface area contributed by atoms with Crippen LogP contribution in [0.1, 0.15) is 5.56 Å². The lowest BCUT2D eigenvalue weighted by Gasteiger charge is -2.31. The van der Waals surface area contributed by atoms with Crippen molar-refractivity contribution in [2.75, 3.05) is 48.8 Å². The van der Waals surface area contributed by atoms with Crippen LogP contribution in [0.2, 0.25) is 0 Å². The lowest BCUT2D eigenvalue weighted by atomic mass is 10.1. The highest BCUT2D eigenvalue weighted by Gasteiger charge is 2.32. The van der Waals surface area contributed by atoms with Crippen molar-refractivity contribution in [1.82, 2.24) is 18.6 Å². The Bertz CT molecular complexity index is 679. The second-order valence-electron chi connectivity index (χ2n) is 6.28. The standard InChI is InChI=1S/C16H27N4OP/c1-17(2)12-11-14-13-20(16-10-8-7-9-15(14)16)22(21,18(3)4)19(5)6/h7-10,13H,11-12H2,1-6H3. The molecule has 6 heteroatoms. The number of fused-ring (bicyclic) bond motifs is 1. The van der Waals surface area contributed by atoms with Gasteiger partial charge in [0.05, 0.1) is 5.52 Å². The molecule has 0 amide bonds. The van der Waals surface area contributed by atoms with E-state index in [1.165, 1.54) is 10.9 Å². The molecule has 2 aromatic rings. The molecule has 1 heterocycles. The minimum Gasteiger partial charge on any atom is -0.309 e. The molecule has 122 valence electrons. The zero-order chi connectivity index (χ0) is 16.5. The Kier molecular flexibility index (Phi) is 5.13. The Labute approximate surface area is 133 Å². The van der Waals surface area contributed by atoms with Crippen LogP contribution in [0.25, 0.3) is 10.9 Å². The van der Waals surface area contributed by atoms with Crippen molar-refractivity contribution in [3.05, 3.63) is 36.0 Å². The first-order chi connectivity index (χ1) is 10.3. The van der Waals surface area contributed by atoms with Gasteiger partial charge in [-0.1, -0.05) is 18.2 Å². The first-order valence-electron chi connectivity index (χ1n) is 7.48. The molecule has 0 N–H and O–H groups in total. The van der Waals surface area contributed by atoms with Crippen molar-refractivity contribution >= 4 is 18.5 Å². The highest BCUT2D eigenvalue weighted by Crippen LogP contribution is 2.53. The summed E-state index contributed by atoms with van der Waals surface area (Å²) in [5.41, 5.74) is 2.27. The molecule has 0 aliphatic carbocycles. The van der Waals surface area contributed by atoms with Crippen LogP contribution in [0.15, 0.2) is 30.5 Å². The Hall–Kier alpha value is -1.13. The average molecular weight is 322 g/mol. The van der Waals surface area contributed by atoms with Gasteiger partial charge in [-0.05, 0) is 60.3 Å². The molecule has 0 radical (unpaired) electrons. The molecule has 0 fully saturated rings. The summed E-state index contributed by atoms with van der Waals surface area (Å²) in [6, 6.07) is 8.22. The largest absolute Gasteiger partial charge is 0.314 e. The van der Waals surface area contributed by atoms with E-state index in [1.54, 1.807) is 0 Å². The minimum atomic E-state index is -2.82. The molecular weight excluding hydrogens is 295 g/mol. The molecule has 0 unspecified atom stereocenters. The number of likely N-dealkylation sites (N-methyl/N-ethyl adjacent to an activating group) is 1. The fourth-order valence-corrected chi connectivity index (χ4v) is 4.97. The molecule has 0 saturated carbocycles. The molecule has 5 nitrogen and oxygen atoms in total. The second kappa shape index (κ2) is 6.55. The number of hydrogen-bond donors (Lipinski definition) is 0. The highest BCUT2D eigenvalue weighted by atomic mass is 31.2. The average Bonchev–Trinajstić information content (AvgIpc) is 2.83. The van der Waals surface area contributed by atoms with Gasteiger partial charge in [0.15, 0.2) is 0 Å². The van der Waals surface area contributed by atoms with Crippen LogP contribution >= 0.6 is 7.59 Å².